The first-order valence-electron chi connectivity index (χ1n) is 25.1. The molecule has 2 N–H and O–H groups in total. The van der Waals surface area contributed by atoms with Crippen LogP contribution in [0.3, 0.4) is 0 Å². The first kappa shape index (κ1) is 57.2. The fourth-order valence-electron chi connectivity index (χ4n) is 7.66. The van der Waals surface area contributed by atoms with Crippen LogP contribution in [-0.2, 0) is 28.9 Å². The molecule has 0 aliphatic heterocycles. The number of hydrogen-bond acceptors (Lipinski definition) is 9. The van der Waals surface area contributed by atoms with E-state index in [9.17, 15) is 18.0 Å². The van der Waals surface area contributed by atoms with E-state index in [1.165, 1.54) is 121 Å². The van der Waals surface area contributed by atoms with E-state index in [0.717, 1.165) is 116 Å². The van der Waals surface area contributed by atoms with E-state index in [1.807, 2.05) is 0 Å². The summed E-state index contributed by atoms with van der Waals surface area (Å²) in [5.41, 5.74) is 0. The number of nitrogens with zero attached hydrogens (tertiary/aromatic N) is 1. The van der Waals surface area contributed by atoms with Gasteiger partial charge in [0.2, 0.25) is 0 Å². The minimum atomic E-state index is -3.22. The summed E-state index contributed by atoms with van der Waals surface area (Å²) in [6.45, 7) is 11.1. The summed E-state index contributed by atoms with van der Waals surface area (Å²) in [5.74, 6) is 0.476. The Balaban J connectivity index is 4.55. The van der Waals surface area contributed by atoms with Gasteiger partial charge >= 0.3 is 11.9 Å². The minimum Gasteiger partial charge on any atom is -0.466 e. The Morgan fingerprint density at radius 2 is 0.949 bits per heavy atom. The van der Waals surface area contributed by atoms with Crippen LogP contribution in [0, 0.1) is 0 Å². The van der Waals surface area contributed by atoms with Gasteiger partial charge in [0, 0.05) is 32.7 Å². The topological polar surface area (TPSA) is 114 Å². The summed E-state index contributed by atoms with van der Waals surface area (Å²) < 4.78 is 34.9. The second kappa shape index (κ2) is 42.9. The fraction of sp³-hybridized carbons (Fsp3) is 0.918. The molecule has 0 saturated heterocycles. The van der Waals surface area contributed by atoms with Crippen LogP contribution in [0.2, 0.25) is 0 Å². The Hall–Kier alpha value is -1.81. The number of nitrogens with one attached hydrogen (secondary N) is 2. The Bertz CT molecular complexity index is 1070. The Morgan fingerprint density at radius 1 is 0.542 bits per heavy atom. The summed E-state index contributed by atoms with van der Waals surface area (Å²) in [7, 11) is -1.49. The van der Waals surface area contributed by atoms with Crippen LogP contribution in [0.5, 0.6) is 0 Å². The quantitative estimate of drug-likeness (QED) is 0.0456. The molecule has 0 unspecified atom stereocenters. The largest absolute Gasteiger partial charge is 0.466 e. The van der Waals surface area contributed by atoms with Crippen LogP contribution >= 0.6 is 0 Å². The molecule has 0 amide bonds. The normalized spacial score (nSPS) is 12.1. The first-order chi connectivity index (χ1) is 28.6. The predicted octanol–water partition coefficient (Wildman–Crippen LogP) is 12.7. The highest BCUT2D eigenvalue weighted by atomic mass is 32.2. The van der Waals surface area contributed by atoms with Gasteiger partial charge in [0.05, 0.1) is 12.0 Å². The summed E-state index contributed by atoms with van der Waals surface area (Å²) in [5, 5.41) is 7.41. The zero-order valence-corrected chi connectivity index (χ0v) is 40.4. The van der Waals surface area contributed by atoms with Crippen LogP contribution in [-0.4, -0.2) is 77.4 Å². The molecule has 0 aliphatic carbocycles. The SMILES string of the molecule is CCCCCCCCCOC(=O)CCCCCCCN(CCCCCCCC(=O)OC(CCCCCCCC)CCCCCCCC)CCCN/C(=C/S(C)(=O)=O)NC. The number of carbonyl (C=O) groups is 2. The van der Waals surface area contributed by atoms with E-state index in [2.05, 4.69) is 36.3 Å². The first-order valence-corrected chi connectivity index (χ1v) is 27.0. The lowest BCUT2D eigenvalue weighted by Gasteiger charge is -2.23. The average molecular weight is 856 g/mol. The van der Waals surface area contributed by atoms with Gasteiger partial charge in [-0.1, -0.05) is 162 Å². The van der Waals surface area contributed by atoms with Crippen molar-refractivity contribution in [2.24, 2.45) is 0 Å². The average Bonchev–Trinajstić information content (AvgIpc) is 3.20. The van der Waals surface area contributed by atoms with Crippen molar-refractivity contribution >= 4 is 21.8 Å². The molecule has 0 saturated carbocycles. The maximum absolute atomic E-state index is 12.8. The van der Waals surface area contributed by atoms with E-state index >= 15 is 0 Å². The lowest BCUT2D eigenvalue weighted by Crippen LogP contribution is -2.31. The third-order valence-corrected chi connectivity index (χ3v) is 12.0. The van der Waals surface area contributed by atoms with E-state index in [0.29, 0.717) is 31.8 Å². The van der Waals surface area contributed by atoms with Crippen molar-refractivity contribution in [3.8, 4) is 0 Å². The van der Waals surface area contributed by atoms with Crippen LogP contribution < -0.4 is 10.6 Å². The molecule has 0 radical (unpaired) electrons. The van der Waals surface area contributed by atoms with Crippen molar-refractivity contribution < 1.29 is 27.5 Å². The summed E-state index contributed by atoms with van der Waals surface area (Å²) in [4.78, 5) is 27.5. The van der Waals surface area contributed by atoms with Gasteiger partial charge in [-0.15, -0.1) is 0 Å². The van der Waals surface area contributed by atoms with E-state index in [4.69, 9.17) is 9.47 Å². The standard InChI is InChI=1S/C49H97N3O6S/c1-6-9-12-15-18-27-34-44-57-48(53)38-30-23-19-25-32-41-52(43-35-40-51-47(50-4)45-59(5,55)56)42-33-26-20-24-31-39-49(54)58-46(36-28-21-16-13-10-7-2)37-29-22-17-14-11-8-3/h45-46,50-51H,6-44H2,1-5H3/b47-45+. The number of ether oxygens (including phenoxy) is 2. The molecule has 9 nitrogen and oxygen atoms in total. The molecule has 10 heteroatoms. The second-order valence-electron chi connectivity index (χ2n) is 17.3. The molecule has 0 atom stereocenters. The number of hydrogen-bond donors (Lipinski definition) is 2. The van der Waals surface area contributed by atoms with Gasteiger partial charge in [-0.3, -0.25) is 9.59 Å². The molecule has 0 spiro atoms. The maximum Gasteiger partial charge on any atom is 0.306 e. The summed E-state index contributed by atoms with van der Waals surface area (Å²) in [6, 6.07) is 0. The third-order valence-electron chi connectivity index (χ3n) is 11.3. The monoisotopic (exact) mass is 856 g/mol. The van der Waals surface area contributed by atoms with Crippen molar-refractivity contribution in [3.05, 3.63) is 11.2 Å². The molecule has 0 aromatic heterocycles. The lowest BCUT2D eigenvalue weighted by atomic mass is 10.0. The van der Waals surface area contributed by atoms with Gasteiger partial charge in [-0.05, 0) is 83.8 Å². The zero-order valence-electron chi connectivity index (χ0n) is 39.5. The van der Waals surface area contributed by atoms with Crippen molar-refractivity contribution in [2.45, 2.75) is 245 Å². The molecule has 350 valence electrons. The lowest BCUT2D eigenvalue weighted by molar-refractivity contribution is -0.150. The number of sulfone groups is 1. The van der Waals surface area contributed by atoms with E-state index in [-0.39, 0.29) is 18.0 Å². The Labute approximate surface area is 366 Å². The van der Waals surface area contributed by atoms with Crippen molar-refractivity contribution in [1.82, 2.24) is 15.5 Å². The Kier molecular flexibility index (Phi) is 41.5. The van der Waals surface area contributed by atoms with Crippen LogP contribution in [0.25, 0.3) is 0 Å². The van der Waals surface area contributed by atoms with Crippen LogP contribution in [0.15, 0.2) is 11.2 Å². The molecule has 0 fully saturated rings. The fourth-order valence-corrected chi connectivity index (χ4v) is 8.29. The van der Waals surface area contributed by atoms with Crippen LogP contribution in [0.4, 0.5) is 0 Å². The van der Waals surface area contributed by atoms with E-state index < -0.39 is 9.84 Å². The van der Waals surface area contributed by atoms with E-state index in [1.54, 1.807) is 7.05 Å². The number of esters is 2. The zero-order chi connectivity index (χ0) is 43.5. The van der Waals surface area contributed by atoms with Crippen LogP contribution in [0.1, 0.15) is 239 Å². The predicted molar refractivity (Wildman–Crippen MR) is 251 cm³/mol. The smallest absolute Gasteiger partial charge is 0.306 e. The molecule has 59 heavy (non-hydrogen) atoms. The highest BCUT2D eigenvalue weighted by Gasteiger charge is 2.14. The second-order valence-corrected chi connectivity index (χ2v) is 19.2. The van der Waals surface area contributed by atoms with Gasteiger partial charge in [-0.2, -0.15) is 0 Å². The number of unbranched alkanes of at least 4 members (excludes halogenated alkanes) is 24. The molecule has 0 rings (SSSR count). The highest BCUT2D eigenvalue weighted by molar-refractivity contribution is 7.93. The summed E-state index contributed by atoms with van der Waals surface area (Å²) in [6.07, 6.45) is 39.9. The molecule has 0 aliphatic rings. The summed E-state index contributed by atoms with van der Waals surface area (Å²) >= 11 is 0. The molecular weight excluding hydrogens is 759 g/mol. The van der Waals surface area contributed by atoms with Gasteiger partial charge < -0.3 is 25.0 Å². The van der Waals surface area contributed by atoms with Gasteiger partial charge in [0.1, 0.15) is 11.9 Å². The number of carbonyl (C=O) groups excluding carboxylic acids is 2. The van der Waals surface area contributed by atoms with Gasteiger partial charge in [-0.25, -0.2) is 8.42 Å². The van der Waals surface area contributed by atoms with Crippen molar-refractivity contribution in [2.75, 3.05) is 46.1 Å². The molecule has 0 aromatic rings. The highest BCUT2D eigenvalue weighted by Crippen LogP contribution is 2.19. The van der Waals surface area contributed by atoms with Crippen molar-refractivity contribution in [1.29, 1.82) is 0 Å². The number of rotatable bonds is 46. The maximum atomic E-state index is 12.8. The van der Waals surface area contributed by atoms with Gasteiger partial charge in [0.15, 0.2) is 9.84 Å². The molecule has 0 heterocycles. The Morgan fingerprint density at radius 3 is 1.42 bits per heavy atom. The van der Waals surface area contributed by atoms with Gasteiger partial charge in [0.25, 0.3) is 0 Å². The molecule has 0 aromatic carbocycles. The van der Waals surface area contributed by atoms with Crippen molar-refractivity contribution in [3.63, 3.8) is 0 Å². The molecule has 0 bridgehead atoms. The third kappa shape index (κ3) is 42.7. The minimum absolute atomic E-state index is 0.00158. The molecular formula is C49H97N3O6S.